The average Bonchev–Trinajstić information content (AvgIpc) is 2.78. The van der Waals surface area contributed by atoms with Crippen LogP contribution in [-0.4, -0.2) is 23.7 Å². The van der Waals surface area contributed by atoms with Gasteiger partial charge >= 0.3 is 0 Å². The highest BCUT2D eigenvalue weighted by atomic mass is 32.2. The first-order valence-corrected chi connectivity index (χ1v) is 6.71. The van der Waals surface area contributed by atoms with Crippen LogP contribution in [0.2, 0.25) is 0 Å². The van der Waals surface area contributed by atoms with Crippen LogP contribution in [-0.2, 0) is 10.0 Å². The number of H-pyrrole nitrogens is 1. The summed E-state index contributed by atoms with van der Waals surface area (Å²) in [6, 6.07) is 4.67. The van der Waals surface area contributed by atoms with Gasteiger partial charge in [-0.2, -0.15) is 13.5 Å². The maximum Gasteiger partial charge on any atom is 0.278 e. The van der Waals surface area contributed by atoms with Gasteiger partial charge in [0.1, 0.15) is 5.75 Å². The van der Waals surface area contributed by atoms with E-state index in [9.17, 15) is 13.5 Å². The van der Waals surface area contributed by atoms with Crippen LogP contribution in [0.4, 0.5) is 5.69 Å². The Kier molecular flexibility index (Phi) is 3.00. The lowest BCUT2D eigenvalue weighted by Crippen LogP contribution is -2.13. The molecule has 0 unspecified atom stereocenters. The molecule has 0 saturated carbocycles. The molecule has 96 valence electrons. The number of nitrogens with zero attached hydrogens (tertiary/aromatic N) is 1. The Morgan fingerprint density at radius 3 is 2.67 bits per heavy atom. The molecule has 0 saturated heterocycles. The minimum absolute atomic E-state index is 0.0546. The molecule has 0 aliphatic heterocycles. The fraction of sp³-hybridized carbons (Fsp3) is 0.182. The van der Waals surface area contributed by atoms with Crippen molar-refractivity contribution in [3.63, 3.8) is 0 Å². The van der Waals surface area contributed by atoms with Crippen molar-refractivity contribution >= 4 is 15.7 Å². The van der Waals surface area contributed by atoms with Crippen LogP contribution < -0.4 is 4.72 Å². The summed E-state index contributed by atoms with van der Waals surface area (Å²) in [5, 5.41) is 15.7. The standard InChI is InChI=1S/C11H13N3O3S/c1-7-5-8(2)11(15)9(6-7)14-18(16,17)10-3-4-12-13-10/h3-6,14-15H,1-2H3,(H,12,13). The first kappa shape index (κ1) is 12.4. The maximum absolute atomic E-state index is 11.9. The lowest BCUT2D eigenvalue weighted by molar-refractivity contribution is 0.473. The normalized spacial score (nSPS) is 11.4. The van der Waals surface area contributed by atoms with Crippen LogP contribution in [0, 0.1) is 13.8 Å². The molecule has 0 atom stereocenters. The average molecular weight is 267 g/mol. The Hall–Kier alpha value is -2.02. The first-order chi connectivity index (χ1) is 8.40. The largest absolute Gasteiger partial charge is 0.505 e. The maximum atomic E-state index is 11.9. The van der Waals surface area contributed by atoms with Crippen LogP contribution in [0.3, 0.4) is 0 Å². The summed E-state index contributed by atoms with van der Waals surface area (Å²) in [4.78, 5) is 0. The molecule has 1 aromatic carbocycles. The Labute approximate surface area is 105 Å². The zero-order chi connectivity index (χ0) is 13.3. The molecule has 0 radical (unpaired) electrons. The molecule has 3 N–H and O–H groups in total. The van der Waals surface area contributed by atoms with Crippen LogP contribution >= 0.6 is 0 Å². The smallest absolute Gasteiger partial charge is 0.278 e. The van der Waals surface area contributed by atoms with Crippen molar-refractivity contribution in [2.45, 2.75) is 18.9 Å². The lowest BCUT2D eigenvalue weighted by Gasteiger charge is -2.11. The van der Waals surface area contributed by atoms with E-state index in [0.29, 0.717) is 5.56 Å². The Morgan fingerprint density at radius 2 is 2.06 bits per heavy atom. The first-order valence-electron chi connectivity index (χ1n) is 5.22. The SMILES string of the molecule is Cc1cc(C)c(O)c(NS(=O)(=O)c2ccn[nH]2)c1. The molecule has 6 nitrogen and oxygen atoms in total. The molecular formula is C11H13N3O3S. The monoisotopic (exact) mass is 267 g/mol. The summed E-state index contributed by atoms with van der Waals surface area (Å²) in [7, 11) is -3.75. The van der Waals surface area contributed by atoms with E-state index in [-0.39, 0.29) is 16.5 Å². The minimum atomic E-state index is -3.75. The van der Waals surface area contributed by atoms with Crippen molar-refractivity contribution in [1.29, 1.82) is 0 Å². The van der Waals surface area contributed by atoms with Gasteiger partial charge in [0.15, 0.2) is 5.03 Å². The molecule has 2 aromatic rings. The summed E-state index contributed by atoms with van der Waals surface area (Å²) < 4.78 is 26.2. The molecule has 0 bridgehead atoms. The highest BCUT2D eigenvalue weighted by Gasteiger charge is 2.18. The van der Waals surface area contributed by atoms with Gasteiger partial charge in [0.25, 0.3) is 10.0 Å². The highest BCUT2D eigenvalue weighted by Crippen LogP contribution is 2.30. The number of aryl methyl sites for hydroxylation is 2. The molecule has 18 heavy (non-hydrogen) atoms. The summed E-state index contributed by atoms with van der Waals surface area (Å²) in [5.41, 5.74) is 1.62. The fourth-order valence-electron chi connectivity index (χ4n) is 1.63. The molecule has 0 amide bonds. The molecule has 7 heteroatoms. The van der Waals surface area contributed by atoms with Gasteiger partial charge in [0, 0.05) is 0 Å². The van der Waals surface area contributed by atoms with Gasteiger partial charge in [-0.15, -0.1) is 0 Å². The minimum Gasteiger partial charge on any atom is -0.505 e. The van der Waals surface area contributed by atoms with Crippen molar-refractivity contribution in [2.75, 3.05) is 4.72 Å². The highest BCUT2D eigenvalue weighted by molar-refractivity contribution is 7.92. The number of anilines is 1. The van der Waals surface area contributed by atoms with Crippen molar-refractivity contribution in [2.24, 2.45) is 0 Å². The third-order valence-electron chi connectivity index (χ3n) is 2.45. The van der Waals surface area contributed by atoms with Gasteiger partial charge in [-0.1, -0.05) is 6.07 Å². The zero-order valence-electron chi connectivity index (χ0n) is 9.93. The second-order valence-corrected chi connectivity index (χ2v) is 5.66. The number of nitrogens with one attached hydrogen (secondary N) is 2. The third-order valence-corrected chi connectivity index (χ3v) is 3.75. The lowest BCUT2D eigenvalue weighted by atomic mass is 10.1. The number of aromatic nitrogens is 2. The van der Waals surface area contributed by atoms with Gasteiger partial charge in [0.05, 0.1) is 11.9 Å². The number of sulfonamides is 1. The van der Waals surface area contributed by atoms with Crippen molar-refractivity contribution in [3.05, 3.63) is 35.5 Å². The van der Waals surface area contributed by atoms with Crippen molar-refractivity contribution in [1.82, 2.24) is 10.2 Å². The van der Waals surface area contributed by atoms with E-state index in [1.165, 1.54) is 12.3 Å². The summed E-state index contributed by atoms with van der Waals surface area (Å²) in [6.45, 7) is 3.52. The molecule has 1 heterocycles. The van der Waals surface area contributed by atoms with Crippen molar-refractivity contribution < 1.29 is 13.5 Å². The predicted molar refractivity (Wildman–Crippen MR) is 67.0 cm³/mol. The number of aromatic amines is 1. The Balaban J connectivity index is 2.41. The molecule has 2 rings (SSSR count). The van der Waals surface area contributed by atoms with E-state index in [4.69, 9.17) is 0 Å². The second-order valence-electron chi connectivity index (χ2n) is 4.00. The third kappa shape index (κ3) is 2.30. The number of hydrogen-bond donors (Lipinski definition) is 3. The number of phenols is 1. The van der Waals surface area contributed by atoms with Gasteiger partial charge in [0.2, 0.25) is 0 Å². The predicted octanol–water partition coefficient (Wildman–Crippen LogP) is 1.53. The molecule has 1 aromatic heterocycles. The molecule has 0 fully saturated rings. The number of rotatable bonds is 3. The Morgan fingerprint density at radius 1 is 1.33 bits per heavy atom. The molecular weight excluding hydrogens is 254 g/mol. The summed E-state index contributed by atoms with van der Waals surface area (Å²) in [5.74, 6) is -0.0799. The van der Waals surface area contributed by atoms with E-state index >= 15 is 0 Å². The van der Waals surface area contributed by atoms with E-state index in [2.05, 4.69) is 14.9 Å². The van der Waals surface area contributed by atoms with Crippen LogP contribution in [0.15, 0.2) is 29.4 Å². The Bertz CT molecular complexity index is 663. The summed E-state index contributed by atoms with van der Waals surface area (Å²) in [6.07, 6.45) is 1.34. The second kappa shape index (κ2) is 4.34. The van der Waals surface area contributed by atoms with Gasteiger partial charge in [-0.3, -0.25) is 9.82 Å². The fourth-order valence-corrected chi connectivity index (χ4v) is 2.60. The number of aromatic hydroxyl groups is 1. The van der Waals surface area contributed by atoms with Gasteiger partial charge in [-0.05, 0) is 37.1 Å². The van der Waals surface area contributed by atoms with Gasteiger partial charge in [-0.25, -0.2) is 0 Å². The quantitative estimate of drug-likeness (QED) is 0.735. The molecule has 0 aliphatic rings. The topological polar surface area (TPSA) is 95.1 Å². The summed E-state index contributed by atoms with van der Waals surface area (Å²) >= 11 is 0. The van der Waals surface area contributed by atoms with Crippen LogP contribution in [0.25, 0.3) is 0 Å². The number of benzene rings is 1. The number of hydrogen-bond acceptors (Lipinski definition) is 4. The molecule has 0 aliphatic carbocycles. The van der Waals surface area contributed by atoms with Crippen molar-refractivity contribution in [3.8, 4) is 5.75 Å². The number of phenolic OH excluding ortho intramolecular Hbond substituents is 1. The zero-order valence-corrected chi connectivity index (χ0v) is 10.7. The van der Waals surface area contributed by atoms with E-state index in [1.807, 2.05) is 6.92 Å². The molecule has 0 spiro atoms. The van der Waals surface area contributed by atoms with E-state index < -0.39 is 10.0 Å². The van der Waals surface area contributed by atoms with Gasteiger partial charge < -0.3 is 5.11 Å². The van der Waals surface area contributed by atoms with E-state index in [0.717, 1.165) is 5.56 Å². The van der Waals surface area contributed by atoms with Crippen LogP contribution in [0.1, 0.15) is 11.1 Å². The van der Waals surface area contributed by atoms with Crippen LogP contribution in [0.5, 0.6) is 5.75 Å². The van der Waals surface area contributed by atoms with E-state index in [1.54, 1.807) is 19.1 Å².